The van der Waals surface area contributed by atoms with Gasteiger partial charge in [-0.15, -0.1) is 0 Å². The Bertz CT molecular complexity index is 643. The first kappa shape index (κ1) is 16.8. The smallest absolute Gasteiger partial charge is 0.228 e. The zero-order valence-corrected chi connectivity index (χ0v) is 14.7. The largest absolute Gasteiger partial charge is 0.495 e. The van der Waals surface area contributed by atoms with Crippen LogP contribution >= 0.6 is 0 Å². The van der Waals surface area contributed by atoms with Crippen molar-refractivity contribution in [3.05, 3.63) is 23.8 Å². The summed E-state index contributed by atoms with van der Waals surface area (Å²) in [4.78, 5) is 29.1. The Morgan fingerprint density at radius 2 is 2.08 bits per heavy atom. The molecule has 24 heavy (non-hydrogen) atoms. The van der Waals surface area contributed by atoms with Crippen LogP contribution in [0.1, 0.15) is 38.2 Å². The first-order chi connectivity index (χ1) is 11.5. The maximum Gasteiger partial charge on any atom is 0.228 e. The standard InChI is InChI=1S/C19H26N2O3/c1-13-7-8-17(24-3)16(10-13)21-12-15(11-18(21)22)19(23)20-9-5-4-6-14(20)2/h7-8,10,14-15H,4-6,9,11-12H2,1-3H3. The fourth-order valence-corrected chi connectivity index (χ4v) is 3.78. The van der Waals surface area contributed by atoms with Crippen molar-refractivity contribution >= 4 is 17.5 Å². The van der Waals surface area contributed by atoms with E-state index in [9.17, 15) is 9.59 Å². The molecular formula is C19H26N2O3. The van der Waals surface area contributed by atoms with Crippen molar-refractivity contribution in [3.63, 3.8) is 0 Å². The summed E-state index contributed by atoms with van der Waals surface area (Å²) in [6.07, 6.45) is 3.59. The SMILES string of the molecule is COc1ccc(C)cc1N1CC(C(=O)N2CCCCC2C)CC1=O. The average Bonchev–Trinajstić information content (AvgIpc) is 2.96. The molecule has 2 amide bonds. The summed E-state index contributed by atoms with van der Waals surface area (Å²) >= 11 is 0. The van der Waals surface area contributed by atoms with E-state index in [0.29, 0.717) is 18.7 Å². The lowest BCUT2D eigenvalue weighted by Gasteiger charge is -2.35. The van der Waals surface area contributed by atoms with E-state index in [1.165, 1.54) is 6.42 Å². The molecule has 3 rings (SSSR count). The highest BCUT2D eigenvalue weighted by atomic mass is 16.5. The van der Waals surface area contributed by atoms with E-state index in [1.54, 1.807) is 12.0 Å². The summed E-state index contributed by atoms with van der Waals surface area (Å²) < 4.78 is 5.40. The number of anilines is 1. The Labute approximate surface area is 143 Å². The molecule has 2 aliphatic rings. The molecule has 2 heterocycles. The van der Waals surface area contributed by atoms with Crippen molar-refractivity contribution in [2.24, 2.45) is 5.92 Å². The van der Waals surface area contributed by atoms with Crippen molar-refractivity contribution in [1.29, 1.82) is 0 Å². The van der Waals surface area contributed by atoms with Crippen LogP contribution in [0.2, 0.25) is 0 Å². The highest BCUT2D eigenvalue weighted by Crippen LogP contribution is 2.35. The number of hydrogen-bond donors (Lipinski definition) is 0. The van der Waals surface area contributed by atoms with Gasteiger partial charge in [0.05, 0.1) is 18.7 Å². The molecule has 0 aromatic heterocycles. The van der Waals surface area contributed by atoms with E-state index < -0.39 is 0 Å². The molecule has 1 aromatic rings. The molecule has 0 spiro atoms. The lowest BCUT2D eigenvalue weighted by molar-refractivity contribution is -0.139. The van der Waals surface area contributed by atoms with Crippen molar-refractivity contribution in [1.82, 2.24) is 4.90 Å². The average molecular weight is 330 g/mol. The molecule has 5 heteroatoms. The fraction of sp³-hybridized carbons (Fsp3) is 0.579. The van der Waals surface area contributed by atoms with Crippen LogP contribution < -0.4 is 9.64 Å². The van der Waals surface area contributed by atoms with Crippen LogP contribution in [0, 0.1) is 12.8 Å². The number of piperidine rings is 1. The molecule has 2 saturated heterocycles. The lowest BCUT2D eigenvalue weighted by Crippen LogP contribution is -2.45. The van der Waals surface area contributed by atoms with Crippen LogP contribution in [0.4, 0.5) is 5.69 Å². The first-order valence-corrected chi connectivity index (χ1v) is 8.76. The minimum Gasteiger partial charge on any atom is -0.495 e. The van der Waals surface area contributed by atoms with E-state index in [1.807, 2.05) is 30.0 Å². The molecule has 1 aromatic carbocycles. The van der Waals surface area contributed by atoms with Crippen LogP contribution in [0.15, 0.2) is 18.2 Å². The highest BCUT2D eigenvalue weighted by Gasteiger charge is 2.39. The molecular weight excluding hydrogens is 304 g/mol. The molecule has 5 nitrogen and oxygen atoms in total. The van der Waals surface area contributed by atoms with Gasteiger partial charge in [-0.05, 0) is 50.8 Å². The normalized spacial score (nSPS) is 24.4. The van der Waals surface area contributed by atoms with Gasteiger partial charge in [-0.2, -0.15) is 0 Å². The predicted octanol–water partition coefficient (Wildman–Crippen LogP) is 2.76. The number of hydrogen-bond acceptors (Lipinski definition) is 3. The van der Waals surface area contributed by atoms with Crippen LogP contribution in [0.5, 0.6) is 5.75 Å². The topological polar surface area (TPSA) is 49.9 Å². The molecule has 2 fully saturated rings. The summed E-state index contributed by atoms with van der Waals surface area (Å²) in [7, 11) is 1.60. The van der Waals surface area contributed by atoms with E-state index in [2.05, 4.69) is 6.92 Å². The predicted molar refractivity (Wildman–Crippen MR) is 93.2 cm³/mol. The van der Waals surface area contributed by atoms with Crippen molar-refractivity contribution in [3.8, 4) is 5.75 Å². The van der Waals surface area contributed by atoms with Gasteiger partial charge in [-0.25, -0.2) is 0 Å². The second kappa shape index (κ2) is 6.83. The number of amides is 2. The number of methoxy groups -OCH3 is 1. The molecule has 130 valence electrons. The summed E-state index contributed by atoms with van der Waals surface area (Å²) in [5.41, 5.74) is 1.84. The number of nitrogens with zero attached hydrogens (tertiary/aromatic N) is 2. The third-order valence-electron chi connectivity index (χ3n) is 5.19. The molecule has 0 saturated carbocycles. The number of aryl methyl sites for hydroxylation is 1. The van der Waals surface area contributed by atoms with Gasteiger partial charge in [0.25, 0.3) is 0 Å². The maximum absolute atomic E-state index is 12.9. The van der Waals surface area contributed by atoms with Gasteiger partial charge < -0.3 is 14.5 Å². The number of carbonyl (C=O) groups is 2. The van der Waals surface area contributed by atoms with Crippen LogP contribution in [-0.4, -0.2) is 43.0 Å². The second-order valence-electron chi connectivity index (χ2n) is 6.96. The monoisotopic (exact) mass is 330 g/mol. The van der Waals surface area contributed by atoms with Crippen molar-refractivity contribution in [2.75, 3.05) is 25.1 Å². The van der Waals surface area contributed by atoms with Gasteiger partial charge >= 0.3 is 0 Å². The van der Waals surface area contributed by atoms with Crippen LogP contribution in [0.3, 0.4) is 0 Å². The van der Waals surface area contributed by atoms with Gasteiger partial charge in [-0.3, -0.25) is 9.59 Å². The third kappa shape index (κ3) is 3.12. The van der Waals surface area contributed by atoms with E-state index >= 15 is 0 Å². The molecule has 2 unspecified atom stereocenters. The van der Waals surface area contributed by atoms with Crippen LogP contribution in [0.25, 0.3) is 0 Å². The quantitative estimate of drug-likeness (QED) is 0.856. The molecule has 0 bridgehead atoms. The zero-order valence-electron chi connectivity index (χ0n) is 14.7. The Kier molecular flexibility index (Phi) is 4.78. The van der Waals surface area contributed by atoms with Gasteiger partial charge in [0.1, 0.15) is 5.75 Å². The van der Waals surface area contributed by atoms with E-state index in [4.69, 9.17) is 4.74 Å². The van der Waals surface area contributed by atoms with Gasteiger partial charge in [-0.1, -0.05) is 6.07 Å². The molecule has 0 aliphatic carbocycles. The summed E-state index contributed by atoms with van der Waals surface area (Å²) in [5, 5.41) is 0. The number of likely N-dealkylation sites (tertiary alicyclic amines) is 1. The van der Waals surface area contributed by atoms with Crippen molar-refractivity contribution < 1.29 is 14.3 Å². The van der Waals surface area contributed by atoms with Crippen molar-refractivity contribution in [2.45, 2.75) is 45.6 Å². The van der Waals surface area contributed by atoms with Gasteiger partial charge in [0.2, 0.25) is 11.8 Å². The Morgan fingerprint density at radius 3 is 2.79 bits per heavy atom. The minimum atomic E-state index is -0.247. The number of ether oxygens (including phenoxy) is 1. The first-order valence-electron chi connectivity index (χ1n) is 8.76. The molecule has 0 N–H and O–H groups in total. The summed E-state index contributed by atoms with van der Waals surface area (Å²) in [6.45, 7) is 5.36. The Morgan fingerprint density at radius 1 is 1.29 bits per heavy atom. The fourth-order valence-electron chi connectivity index (χ4n) is 3.78. The van der Waals surface area contributed by atoms with Gasteiger partial charge in [0, 0.05) is 25.6 Å². The summed E-state index contributed by atoms with van der Waals surface area (Å²) in [5.74, 6) is 0.559. The zero-order chi connectivity index (χ0) is 17.3. The van der Waals surface area contributed by atoms with E-state index in [0.717, 1.165) is 30.6 Å². The second-order valence-corrected chi connectivity index (χ2v) is 6.96. The Balaban J connectivity index is 1.78. The van der Waals surface area contributed by atoms with Crippen LogP contribution in [-0.2, 0) is 9.59 Å². The number of carbonyl (C=O) groups excluding carboxylic acids is 2. The summed E-state index contributed by atoms with van der Waals surface area (Å²) in [6, 6.07) is 6.07. The molecule has 0 radical (unpaired) electrons. The Hall–Kier alpha value is -2.04. The highest BCUT2D eigenvalue weighted by molar-refractivity contribution is 6.01. The number of rotatable bonds is 3. The minimum absolute atomic E-state index is 0.00177. The lowest BCUT2D eigenvalue weighted by atomic mass is 9.99. The number of benzene rings is 1. The maximum atomic E-state index is 12.9. The van der Waals surface area contributed by atoms with E-state index in [-0.39, 0.29) is 23.8 Å². The molecule has 2 aliphatic heterocycles. The molecule has 2 atom stereocenters. The third-order valence-corrected chi connectivity index (χ3v) is 5.19. The van der Waals surface area contributed by atoms with Gasteiger partial charge in [0.15, 0.2) is 0 Å².